The summed E-state index contributed by atoms with van der Waals surface area (Å²) < 4.78 is 30.2. The minimum absolute atomic E-state index is 1.07. The molecule has 0 rings (SSSR count). The molecule has 170 valence electrons. The van der Waals surface area contributed by atoms with Crippen LogP contribution in [0.1, 0.15) is 98.3 Å². The van der Waals surface area contributed by atoms with E-state index in [1.165, 1.54) is 95.8 Å². The number of hydrogen-bond donors (Lipinski definition) is 3. The van der Waals surface area contributed by atoms with Crippen LogP contribution in [0, 0.1) is 5.92 Å². The second-order valence-electron chi connectivity index (χ2n) is 7.18. The van der Waals surface area contributed by atoms with Crippen LogP contribution < -0.4 is 0 Å². The van der Waals surface area contributed by atoms with Gasteiger partial charge in [0.25, 0.3) is 10.1 Å². The summed E-state index contributed by atoms with van der Waals surface area (Å²) in [7, 11) is -4.84. The number of hydrogen-bond acceptors (Lipinski definition) is 4. The van der Waals surface area contributed by atoms with E-state index >= 15 is 0 Å². The SMILES string of the molecule is CCCCC(CC)[CH2][Na].CCCCCCCC.O=C(O)CC(C(=O)O)S(=O)(=O)O. The van der Waals surface area contributed by atoms with Crippen molar-refractivity contribution in [2.75, 3.05) is 0 Å². The third kappa shape index (κ3) is 25.8. The normalized spacial score (nSPS) is 12.7. The molecule has 0 bridgehead atoms. The molecule has 29 heavy (non-hydrogen) atoms. The van der Waals surface area contributed by atoms with Gasteiger partial charge in [-0.25, -0.2) is 0 Å². The van der Waals surface area contributed by atoms with Gasteiger partial charge in [0.2, 0.25) is 0 Å². The van der Waals surface area contributed by atoms with E-state index in [1.807, 2.05) is 0 Å². The molecule has 0 aromatic rings. The maximum absolute atomic E-state index is 10.2. The first-order valence-corrected chi connectivity index (χ1v) is 13.8. The summed E-state index contributed by atoms with van der Waals surface area (Å²) in [6, 6.07) is 0. The van der Waals surface area contributed by atoms with E-state index in [4.69, 9.17) is 14.8 Å². The average molecular weight is 449 g/mol. The fourth-order valence-electron chi connectivity index (χ4n) is 2.52. The van der Waals surface area contributed by atoms with Crippen molar-refractivity contribution in [1.82, 2.24) is 0 Å². The molecule has 0 aromatic carbocycles. The van der Waals surface area contributed by atoms with E-state index in [1.54, 1.807) is 0 Å². The zero-order valence-corrected chi connectivity index (χ0v) is 21.8. The molecule has 0 spiro atoms. The van der Waals surface area contributed by atoms with Crippen molar-refractivity contribution in [3.05, 3.63) is 0 Å². The third-order valence-corrected chi connectivity index (χ3v) is 6.81. The molecule has 0 heterocycles. The number of unbranched alkanes of at least 4 members (excludes halogenated alkanes) is 6. The topological polar surface area (TPSA) is 129 Å². The van der Waals surface area contributed by atoms with Crippen LogP contribution >= 0.6 is 0 Å². The maximum Gasteiger partial charge on any atom is 0.325 e. The summed E-state index contributed by atoms with van der Waals surface area (Å²) >= 11 is 1.40. The van der Waals surface area contributed by atoms with Crippen molar-refractivity contribution >= 4 is 50.0 Å². The standard InChI is InChI=1S/C8H17.C8H18.C4H6O7S.Na/c1-4-6-7-8(3)5-2;1-3-5-7-8-6-4-2;5-3(6)1-2(4(7)8)12(9,10)11;/h8H,3-7H2,1-2H3;3-8H2,1-2H3;2H,1H2,(H,5,6)(H,7,8)(H,9,10,11);. The van der Waals surface area contributed by atoms with Crippen LogP contribution in [0.3, 0.4) is 0 Å². The number of carboxylic acids is 2. The Labute approximate surface area is 195 Å². The number of carbonyl (C=O) groups is 2. The summed E-state index contributed by atoms with van der Waals surface area (Å²) in [6.07, 6.45) is 13.0. The van der Waals surface area contributed by atoms with Crippen LogP contribution in [0.4, 0.5) is 0 Å². The van der Waals surface area contributed by atoms with E-state index in [9.17, 15) is 18.0 Å². The third-order valence-electron chi connectivity index (χ3n) is 4.57. The van der Waals surface area contributed by atoms with Crippen molar-refractivity contribution in [1.29, 1.82) is 0 Å². The number of aliphatic carboxylic acids is 2. The Hall–Kier alpha value is -0.150. The summed E-state index contributed by atoms with van der Waals surface area (Å²) in [4.78, 5) is 20.0. The first-order valence-electron chi connectivity index (χ1n) is 10.9. The molecule has 9 heteroatoms. The summed E-state index contributed by atoms with van der Waals surface area (Å²) in [6.45, 7) is 9.11. The van der Waals surface area contributed by atoms with Crippen LogP contribution in [0.2, 0.25) is 3.67 Å². The maximum atomic E-state index is 10.2. The van der Waals surface area contributed by atoms with E-state index in [0.717, 1.165) is 5.92 Å². The van der Waals surface area contributed by atoms with Crippen LogP contribution in [-0.4, -0.2) is 68.3 Å². The molecule has 0 saturated carbocycles. The van der Waals surface area contributed by atoms with Gasteiger partial charge >= 0.3 is 89.0 Å². The first-order chi connectivity index (χ1) is 13.5. The van der Waals surface area contributed by atoms with E-state index < -0.39 is 33.7 Å². The van der Waals surface area contributed by atoms with E-state index in [0.29, 0.717) is 0 Å². The molecule has 0 radical (unpaired) electrons. The molecule has 0 aliphatic rings. The van der Waals surface area contributed by atoms with Gasteiger partial charge in [0.1, 0.15) is 0 Å². The Balaban J connectivity index is -0.000000359. The van der Waals surface area contributed by atoms with Crippen LogP contribution in [0.15, 0.2) is 0 Å². The van der Waals surface area contributed by atoms with Gasteiger partial charge in [-0.3, -0.25) is 14.1 Å². The van der Waals surface area contributed by atoms with Gasteiger partial charge in [-0.2, -0.15) is 8.42 Å². The van der Waals surface area contributed by atoms with Gasteiger partial charge in [0.05, 0.1) is 6.42 Å². The molecule has 2 atom stereocenters. The number of rotatable bonds is 14. The van der Waals surface area contributed by atoms with Gasteiger partial charge < -0.3 is 10.2 Å². The predicted octanol–water partition coefficient (Wildman–Crippen LogP) is 4.96. The van der Waals surface area contributed by atoms with Gasteiger partial charge in [-0.1, -0.05) is 52.4 Å². The van der Waals surface area contributed by atoms with Crippen LogP contribution in [0.25, 0.3) is 0 Å². The Morgan fingerprint density at radius 1 is 0.862 bits per heavy atom. The number of carboxylic acid groups (broad SMARTS) is 2. The van der Waals surface area contributed by atoms with Gasteiger partial charge in [0.15, 0.2) is 5.25 Å². The molecule has 0 aromatic heterocycles. The van der Waals surface area contributed by atoms with Crippen molar-refractivity contribution in [2.45, 2.75) is 107 Å². The Bertz CT molecular complexity index is 485. The van der Waals surface area contributed by atoms with Gasteiger partial charge in [-0.15, -0.1) is 0 Å². The van der Waals surface area contributed by atoms with Crippen molar-refractivity contribution in [3.8, 4) is 0 Å². The van der Waals surface area contributed by atoms with Gasteiger partial charge in [0, 0.05) is 0 Å². The Kier molecular flexibility index (Phi) is 26.0. The largest absolute Gasteiger partial charge is 0.481 e. The molecule has 7 nitrogen and oxygen atoms in total. The predicted molar refractivity (Wildman–Crippen MR) is 118 cm³/mol. The second kappa shape index (κ2) is 22.5. The minimum Gasteiger partial charge on any atom is -0.481 e. The fraction of sp³-hybridized carbons (Fsp3) is 0.900. The Morgan fingerprint density at radius 3 is 1.52 bits per heavy atom. The quantitative estimate of drug-likeness (QED) is 0.195. The molecule has 0 saturated heterocycles. The van der Waals surface area contributed by atoms with Crippen LogP contribution in [-0.2, 0) is 19.7 Å². The molecule has 0 aliphatic carbocycles. The summed E-state index contributed by atoms with van der Waals surface area (Å²) in [5.41, 5.74) is 0. The van der Waals surface area contributed by atoms with Gasteiger partial charge in [-0.05, 0) is 0 Å². The molecule has 2 unspecified atom stereocenters. The van der Waals surface area contributed by atoms with Crippen LogP contribution in [0.5, 0.6) is 0 Å². The zero-order valence-electron chi connectivity index (χ0n) is 19.0. The summed E-state index contributed by atoms with van der Waals surface area (Å²) in [5.74, 6) is -2.43. The molecule has 0 fully saturated rings. The Morgan fingerprint density at radius 2 is 1.31 bits per heavy atom. The van der Waals surface area contributed by atoms with Crippen molar-refractivity contribution in [3.63, 3.8) is 0 Å². The fourth-order valence-corrected chi connectivity index (χ4v) is 4.12. The molecular weight excluding hydrogens is 407 g/mol. The molecule has 0 amide bonds. The summed E-state index contributed by atoms with van der Waals surface area (Å²) in [5, 5.41) is 13.9. The first kappa shape index (κ1) is 33.5. The van der Waals surface area contributed by atoms with Crippen molar-refractivity contribution in [2.24, 2.45) is 5.92 Å². The monoisotopic (exact) mass is 448 g/mol. The van der Waals surface area contributed by atoms with Crippen molar-refractivity contribution < 1.29 is 32.8 Å². The minimum atomic E-state index is -4.84. The molecule has 0 aliphatic heterocycles. The average Bonchev–Trinajstić information content (AvgIpc) is 2.64. The molecule has 3 N–H and O–H groups in total. The smallest absolute Gasteiger partial charge is 0.325 e. The zero-order chi connectivity index (χ0) is 23.3. The molecular formula is C20H41NaO7S. The van der Waals surface area contributed by atoms with E-state index in [2.05, 4.69) is 27.7 Å². The van der Waals surface area contributed by atoms with E-state index in [-0.39, 0.29) is 0 Å². The second-order valence-corrected chi connectivity index (χ2v) is 9.59.